The van der Waals surface area contributed by atoms with Crippen molar-refractivity contribution in [2.24, 2.45) is 0 Å². The summed E-state index contributed by atoms with van der Waals surface area (Å²) in [7, 11) is 1.55. The molecule has 4 heteroatoms. The van der Waals surface area contributed by atoms with Gasteiger partial charge >= 0.3 is 6.09 Å². The number of anilines is 1. The number of fused-ring (bicyclic) bond motifs is 1. The van der Waals surface area contributed by atoms with Crippen LogP contribution in [-0.4, -0.2) is 19.7 Å². The molecule has 0 aromatic heterocycles. The van der Waals surface area contributed by atoms with Gasteiger partial charge in [0.25, 0.3) is 0 Å². The summed E-state index contributed by atoms with van der Waals surface area (Å²) in [5, 5.41) is 5.61. The second-order valence-electron chi connectivity index (χ2n) is 3.11. The molecule has 1 atom stereocenters. The summed E-state index contributed by atoms with van der Waals surface area (Å²) >= 11 is 0. The average Bonchev–Trinajstić information content (AvgIpc) is 2.62. The van der Waals surface area contributed by atoms with Crippen molar-refractivity contribution in [2.75, 3.05) is 18.9 Å². The molecule has 0 aliphatic carbocycles. The zero-order chi connectivity index (χ0) is 9.97. The minimum absolute atomic E-state index is 0.175. The maximum atomic E-state index is 11.0. The van der Waals surface area contributed by atoms with Crippen LogP contribution in [0.15, 0.2) is 24.3 Å². The normalized spacial score (nSPS) is 18.2. The lowest BCUT2D eigenvalue weighted by Gasteiger charge is -2.10. The Morgan fingerprint density at radius 1 is 1.57 bits per heavy atom. The van der Waals surface area contributed by atoms with Crippen LogP contribution in [0.5, 0.6) is 0 Å². The summed E-state index contributed by atoms with van der Waals surface area (Å²) in [5.74, 6) is 0. The number of ether oxygens (including phenoxy) is 1. The Kier molecular flexibility index (Phi) is 2.26. The lowest BCUT2D eigenvalue weighted by atomic mass is 10.1. The fourth-order valence-corrected chi connectivity index (χ4v) is 1.54. The fraction of sp³-hybridized carbons (Fsp3) is 0.300. The molecule has 0 fully saturated rings. The van der Waals surface area contributed by atoms with E-state index in [0.29, 0.717) is 6.54 Å². The number of benzene rings is 1. The van der Waals surface area contributed by atoms with Gasteiger partial charge in [-0.15, -0.1) is 0 Å². The Morgan fingerprint density at radius 3 is 3.14 bits per heavy atom. The van der Waals surface area contributed by atoms with Crippen LogP contribution in [0.4, 0.5) is 10.5 Å². The van der Waals surface area contributed by atoms with Crippen LogP contribution in [0.1, 0.15) is 11.7 Å². The summed E-state index contributed by atoms with van der Waals surface area (Å²) in [6.45, 7) is 0.646. The minimum atomic E-state index is -0.395. The molecule has 1 heterocycles. The summed E-state index contributed by atoms with van der Waals surface area (Å²) in [6.07, 6.45) is -0.570. The van der Waals surface area contributed by atoms with Crippen LogP contribution in [0, 0.1) is 0 Å². The predicted octanol–water partition coefficient (Wildman–Crippen LogP) is 1.51. The molecule has 2 N–H and O–H groups in total. The van der Waals surface area contributed by atoms with E-state index in [0.717, 1.165) is 11.3 Å². The van der Waals surface area contributed by atoms with E-state index in [2.05, 4.69) is 10.6 Å². The number of para-hydroxylation sites is 1. The fourth-order valence-electron chi connectivity index (χ4n) is 1.54. The summed E-state index contributed by atoms with van der Waals surface area (Å²) in [4.78, 5) is 11.0. The predicted molar refractivity (Wildman–Crippen MR) is 53.2 cm³/mol. The molecule has 0 bridgehead atoms. The number of carbonyl (C=O) groups excluding carboxylic acids is 1. The number of nitrogens with one attached hydrogen (secondary N) is 2. The molecule has 2 rings (SSSR count). The topological polar surface area (TPSA) is 50.4 Å². The van der Waals surface area contributed by atoms with Crippen molar-refractivity contribution in [3.63, 3.8) is 0 Å². The van der Waals surface area contributed by atoms with Crippen molar-refractivity contribution in [3.8, 4) is 0 Å². The summed E-state index contributed by atoms with van der Waals surface area (Å²) in [6, 6.07) is 7.83. The summed E-state index contributed by atoms with van der Waals surface area (Å²) in [5.41, 5.74) is 2.08. The molecule has 14 heavy (non-hydrogen) atoms. The van der Waals surface area contributed by atoms with E-state index in [4.69, 9.17) is 4.74 Å². The molecule has 1 aromatic rings. The number of hydrogen-bond acceptors (Lipinski definition) is 3. The molecular weight excluding hydrogens is 180 g/mol. The van der Waals surface area contributed by atoms with Crippen LogP contribution < -0.4 is 10.6 Å². The molecule has 1 aliphatic rings. The molecule has 0 saturated carbocycles. The Labute approximate surface area is 82.3 Å². The Balaban J connectivity index is 2.14. The van der Waals surface area contributed by atoms with Gasteiger partial charge in [-0.05, 0) is 6.07 Å². The zero-order valence-corrected chi connectivity index (χ0v) is 7.91. The van der Waals surface area contributed by atoms with Gasteiger partial charge in [0, 0.05) is 18.3 Å². The first-order valence-electron chi connectivity index (χ1n) is 4.52. The van der Waals surface area contributed by atoms with Crippen LogP contribution in [-0.2, 0) is 4.74 Å². The first kappa shape index (κ1) is 8.87. The second kappa shape index (κ2) is 3.57. The maximum Gasteiger partial charge on any atom is 0.407 e. The summed E-state index contributed by atoms with van der Waals surface area (Å²) < 4.78 is 5.17. The van der Waals surface area contributed by atoms with Crippen LogP contribution >= 0.6 is 0 Å². The van der Waals surface area contributed by atoms with E-state index in [1.165, 1.54) is 0 Å². The molecule has 74 valence electrons. The highest BCUT2D eigenvalue weighted by Crippen LogP contribution is 2.31. The van der Waals surface area contributed by atoms with Gasteiger partial charge in [0.15, 0.2) is 0 Å². The van der Waals surface area contributed by atoms with E-state index < -0.39 is 6.09 Å². The van der Waals surface area contributed by atoms with Gasteiger partial charge in [-0.1, -0.05) is 18.2 Å². The van der Waals surface area contributed by atoms with E-state index >= 15 is 0 Å². The number of amides is 1. The van der Waals surface area contributed by atoms with Crippen molar-refractivity contribution in [1.82, 2.24) is 5.32 Å². The molecule has 1 amide bonds. The molecule has 4 nitrogen and oxygen atoms in total. The van der Waals surface area contributed by atoms with Crippen molar-refractivity contribution < 1.29 is 9.53 Å². The Hall–Kier alpha value is -1.71. The molecule has 0 unspecified atom stereocenters. The highest BCUT2D eigenvalue weighted by molar-refractivity contribution is 5.68. The second-order valence-corrected chi connectivity index (χ2v) is 3.11. The average molecular weight is 192 g/mol. The van der Waals surface area contributed by atoms with E-state index in [1.807, 2.05) is 24.3 Å². The van der Waals surface area contributed by atoms with Gasteiger partial charge in [0.1, 0.15) is 6.10 Å². The third kappa shape index (κ3) is 1.51. The van der Waals surface area contributed by atoms with Crippen molar-refractivity contribution in [1.29, 1.82) is 0 Å². The lowest BCUT2D eigenvalue weighted by Crippen LogP contribution is -2.22. The molecule has 0 radical (unpaired) electrons. The smallest absolute Gasteiger partial charge is 0.407 e. The largest absolute Gasteiger partial charge is 0.439 e. The molecule has 1 aliphatic heterocycles. The van der Waals surface area contributed by atoms with Crippen LogP contribution in [0.3, 0.4) is 0 Å². The third-order valence-corrected chi connectivity index (χ3v) is 2.24. The van der Waals surface area contributed by atoms with Crippen molar-refractivity contribution in [3.05, 3.63) is 29.8 Å². The highest BCUT2D eigenvalue weighted by Gasteiger charge is 2.24. The Morgan fingerprint density at radius 2 is 2.36 bits per heavy atom. The van der Waals surface area contributed by atoms with Gasteiger partial charge in [0.2, 0.25) is 0 Å². The van der Waals surface area contributed by atoms with Crippen molar-refractivity contribution >= 4 is 11.8 Å². The monoisotopic (exact) mass is 192 g/mol. The van der Waals surface area contributed by atoms with Gasteiger partial charge in [0.05, 0.1) is 6.54 Å². The molecule has 0 spiro atoms. The SMILES string of the molecule is CNC(=O)O[C@H]1CNc2ccccc21. The van der Waals surface area contributed by atoms with Crippen molar-refractivity contribution in [2.45, 2.75) is 6.10 Å². The number of carbonyl (C=O) groups is 1. The standard InChI is InChI=1S/C10H12N2O2/c1-11-10(13)14-9-6-12-8-5-3-2-4-7(8)9/h2-5,9,12H,6H2,1H3,(H,11,13)/t9-/m0/s1. The van der Waals surface area contributed by atoms with Crippen LogP contribution in [0.2, 0.25) is 0 Å². The third-order valence-electron chi connectivity index (χ3n) is 2.24. The minimum Gasteiger partial charge on any atom is -0.439 e. The van der Waals surface area contributed by atoms with E-state index in [-0.39, 0.29) is 6.10 Å². The molecular formula is C10H12N2O2. The highest BCUT2D eigenvalue weighted by atomic mass is 16.6. The molecule has 0 saturated heterocycles. The maximum absolute atomic E-state index is 11.0. The van der Waals surface area contributed by atoms with E-state index in [1.54, 1.807) is 7.05 Å². The zero-order valence-electron chi connectivity index (χ0n) is 7.91. The van der Waals surface area contributed by atoms with Gasteiger partial charge in [-0.25, -0.2) is 4.79 Å². The van der Waals surface area contributed by atoms with Gasteiger partial charge in [-0.2, -0.15) is 0 Å². The lowest BCUT2D eigenvalue weighted by molar-refractivity contribution is 0.109. The first-order chi connectivity index (χ1) is 6.81. The number of hydrogen-bond donors (Lipinski definition) is 2. The van der Waals surface area contributed by atoms with E-state index in [9.17, 15) is 4.79 Å². The molecule has 1 aromatic carbocycles. The Bertz CT molecular complexity index is 352. The van der Waals surface area contributed by atoms with Crippen LogP contribution in [0.25, 0.3) is 0 Å². The first-order valence-corrected chi connectivity index (χ1v) is 4.52. The number of rotatable bonds is 1. The van der Waals surface area contributed by atoms with Gasteiger partial charge in [-0.3, -0.25) is 0 Å². The number of alkyl carbamates (subject to hydrolysis) is 1. The quantitative estimate of drug-likeness (QED) is 0.709. The van der Waals surface area contributed by atoms with Gasteiger partial charge < -0.3 is 15.4 Å².